The summed E-state index contributed by atoms with van der Waals surface area (Å²) in [7, 11) is 1.57. The Morgan fingerprint density at radius 3 is 2.30 bits per heavy atom. The number of allylic oxidation sites excluding steroid dienone is 2. The number of fused-ring (bicyclic) bond motifs is 5. The van der Waals surface area contributed by atoms with E-state index in [4.69, 9.17) is 27.9 Å². The fourth-order valence-electron chi connectivity index (χ4n) is 10.5. The molecule has 2 saturated heterocycles. The van der Waals surface area contributed by atoms with Gasteiger partial charge in [-0.2, -0.15) is 5.01 Å². The van der Waals surface area contributed by atoms with Crippen molar-refractivity contribution in [1.82, 2.24) is 9.91 Å². The van der Waals surface area contributed by atoms with Crippen molar-refractivity contribution < 1.29 is 29.0 Å². The average molecular weight is 765 g/mol. The van der Waals surface area contributed by atoms with Crippen LogP contribution in [0.15, 0.2) is 90.5 Å². The van der Waals surface area contributed by atoms with Crippen molar-refractivity contribution in [3.63, 3.8) is 0 Å². The third kappa shape index (κ3) is 5.04. The first kappa shape index (κ1) is 34.9. The molecular weight excluding hydrogens is 725 g/mol. The Hall–Kier alpha value is -4.86. The van der Waals surface area contributed by atoms with Gasteiger partial charge in [0, 0.05) is 22.4 Å². The second-order valence-electron chi connectivity index (χ2n) is 15.3. The lowest BCUT2D eigenvalue weighted by molar-refractivity contribution is -0.144. The monoisotopic (exact) mass is 763 g/mol. The number of carbonyl (C=O) groups excluding carboxylic acids is 4. The van der Waals surface area contributed by atoms with Crippen LogP contribution in [0.1, 0.15) is 62.0 Å². The number of rotatable bonds is 6. The lowest BCUT2D eigenvalue weighted by Crippen LogP contribution is -2.53. The van der Waals surface area contributed by atoms with Gasteiger partial charge in [0.05, 0.1) is 41.0 Å². The second kappa shape index (κ2) is 13.2. The van der Waals surface area contributed by atoms with E-state index in [9.17, 15) is 14.7 Å². The molecule has 2 saturated carbocycles. The Morgan fingerprint density at radius 2 is 1.57 bits per heavy atom. The van der Waals surface area contributed by atoms with Gasteiger partial charge in [-0.1, -0.05) is 96.6 Å². The molecule has 2 aliphatic heterocycles. The zero-order chi connectivity index (χ0) is 37.5. The highest BCUT2D eigenvalue weighted by atomic mass is 35.5. The van der Waals surface area contributed by atoms with Crippen molar-refractivity contribution in [1.29, 1.82) is 0 Å². The second-order valence-corrected chi connectivity index (χ2v) is 16.1. The molecule has 4 amide bonds. The fourth-order valence-corrected chi connectivity index (χ4v) is 10.9. The molecule has 9 rings (SSSR count). The van der Waals surface area contributed by atoms with Gasteiger partial charge in [0.15, 0.2) is 0 Å². The summed E-state index contributed by atoms with van der Waals surface area (Å²) in [6.45, 7) is 0. The summed E-state index contributed by atoms with van der Waals surface area (Å²) in [6, 6.07) is 22.8. The zero-order valence-corrected chi connectivity index (χ0v) is 31.1. The number of hydrazine groups is 1. The van der Waals surface area contributed by atoms with E-state index < -0.39 is 46.8 Å². The van der Waals surface area contributed by atoms with Gasteiger partial charge in [-0.05, 0) is 84.5 Å². The SMILES string of the molecule is COc1ccc([C@@]23C(=O)N(Nc4ccc(Cl)cc4Cl)C(=O)[C@@H]2C[C@@H]2C(=CC[C@@H]4C(=O)N(C5CCCCC5)C(=O)[C@@H]42)[C@@H]3c2ccc(O)c3ccccc23)cc1. The van der Waals surface area contributed by atoms with E-state index in [1.54, 1.807) is 42.3 Å². The van der Waals surface area contributed by atoms with Gasteiger partial charge in [0.25, 0.3) is 11.8 Å². The Bertz CT molecular complexity index is 2270. The third-order valence-electron chi connectivity index (χ3n) is 12.8. The molecule has 2 heterocycles. The summed E-state index contributed by atoms with van der Waals surface area (Å²) >= 11 is 12.8. The highest BCUT2D eigenvalue weighted by molar-refractivity contribution is 6.36. The van der Waals surface area contributed by atoms with Crippen LogP contribution in [-0.4, -0.2) is 51.8 Å². The molecule has 0 spiro atoms. The average Bonchev–Trinajstić information content (AvgIpc) is 3.57. The molecule has 0 radical (unpaired) electrons. The van der Waals surface area contributed by atoms with E-state index in [1.165, 1.54) is 6.07 Å². The summed E-state index contributed by atoms with van der Waals surface area (Å²) in [6.07, 6.45) is 7.24. The Morgan fingerprint density at radius 1 is 0.833 bits per heavy atom. The van der Waals surface area contributed by atoms with Crippen LogP contribution in [0, 0.1) is 23.7 Å². The van der Waals surface area contributed by atoms with Crippen molar-refractivity contribution in [3.8, 4) is 11.5 Å². The number of aromatic hydroxyl groups is 1. The number of nitrogens with one attached hydrogen (secondary N) is 1. The van der Waals surface area contributed by atoms with E-state index in [2.05, 4.69) is 11.5 Å². The molecule has 0 unspecified atom stereocenters. The highest BCUT2D eigenvalue weighted by Gasteiger charge is 2.70. The van der Waals surface area contributed by atoms with Crippen molar-refractivity contribution in [3.05, 3.63) is 112 Å². The first-order chi connectivity index (χ1) is 26.1. The van der Waals surface area contributed by atoms with E-state index in [0.29, 0.717) is 33.8 Å². The normalized spacial score (nSPS) is 28.2. The molecule has 6 atom stereocenters. The maximum absolute atomic E-state index is 15.6. The summed E-state index contributed by atoms with van der Waals surface area (Å²) in [5, 5.41) is 14.1. The topological polar surface area (TPSA) is 116 Å². The molecule has 4 aromatic rings. The number of hydrogen-bond acceptors (Lipinski definition) is 7. The van der Waals surface area contributed by atoms with Crippen molar-refractivity contribution in [2.24, 2.45) is 23.7 Å². The zero-order valence-electron chi connectivity index (χ0n) is 29.6. The van der Waals surface area contributed by atoms with Crippen LogP contribution in [0.3, 0.4) is 0 Å². The number of hydrogen-bond donors (Lipinski definition) is 2. The van der Waals surface area contributed by atoms with Crippen molar-refractivity contribution >= 4 is 63.3 Å². The third-order valence-corrected chi connectivity index (χ3v) is 13.3. The number of ether oxygens (including phenoxy) is 1. The summed E-state index contributed by atoms with van der Waals surface area (Å²) in [5.74, 6) is -3.93. The van der Waals surface area contributed by atoms with Crippen LogP contribution in [0.2, 0.25) is 10.0 Å². The number of likely N-dealkylation sites (tertiary alicyclic amines) is 1. The van der Waals surface area contributed by atoms with Gasteiger partial charge in [-0.15, -0.1) is 0 Å². The van der Waals surface area contributed by atoms with Crippen LogP contribution in [0.4, 0.5) is 5.69 Å². The molecule has 11 heteroatoms. The van der Waals surface area contributed by atoms with E-state index in [-0.39, 0.29) is 35.0 Å². The lowest BCUT2D eigenvalue weighted by Gasteiger charge is -2.51. The first-order valence-electron chi connectivity index (χ1n) is 18.7. The molecular formula is C43H39Cl2N3O6. The highest BCUT2D eigenvalue weighted by Crippen LogP contribution is 2.65. The number of phenolic OH excluding ortho intramolecular Hbond substituents is 1. The van der Waals surface area contributed by atoms with Crippen LogP contribution in [0.5, 0.6) is 11.5 Å². The predicted octanol–water partition coefficient (Wildman–Crippen LogP) is 8.18. The number of benzene rings is 4. The lowest BCUT2D eigenvalue weighted by atomic mass is 9.49. The molecule has 54 heavy (non-hydrogen) atoms. The molecule has 9 nitrogen and oxygen atoms in total. The van der Waals surface area contributed by atoms with E-state index >= 15 is 9.59 Å². The standard InChI is InChI=1S/C43H39Cl2N3O6/c1-54-26-14-11-23(12-15-26)43-33(40(51)48(42(43)53)46-35-19-13-24(44)21-34(35)45)22-32-30(38(43)29-18-20-36(49)28-10-6-5-9-27(28)29)16-17-31-37(32)41(52)47(39(31)50)25-7-3-2-4-8-25/h5-6,9-16,18-21,25,31-33,37-38,46,49H,2-4,7-8,17,22H2,1H3/t31-,32+,33-,37-,38-,43+/m0/s1. The van der Waals surface area contributed by atoms with Crippen LogP contribution >= 0.6 is 23.2 Å². The molecule has 3 aliphatic carbocycles. The number of amides is 4. The molecule has 4 fully saturated rings. The van der Waals surface area contributed by atoms with Gasteiger partial charge in [0.1, 0.15) is 11.5 Å². The van der Waals surface area contributed by atoms with E-state index in [0.717, 1.165) is 53.6 Å². The quantitative estimate of drug-likeness (QED) is 0.150. The van der Waals surface area contributed by atoms with Crippen molar-refractivity contribution in [2.75, 3.05) is 12.5 Å². The minimum absolute atomic E-state index is 0.0867. The number of carbonyl (C=O) groups is 4. The number of anilines is 1. The minimum atomic E-state index is -1.50. The predicted molar refractivity (Wildman–Crippen MR) is 205 cm³/mol. The van der Waals surface area contributed by atoms with Crippen LogP contribution in [0.25, 0.3) is 10.8 Å². The summed E-state index contributed by atoms with van der Waals surface area (Å²) in [5.41, 5.74) is 4.09. The molecule has 4 aromatic carbocycles. The summed E-state index contributed by atoms with van der Waals surface area (Å²) < 4.78 is 5.52. The van der Waals surface area contributed by atoms with Gasteiger partial charge in [-0.25, -0.2) is 0 Å². The van der Waals surface area contributed by atoms with Crippen molar-refractivity contribution in [2.45, 2.75) is 62.3 Å². The van der Waals surface area contributed by atoms with Gasteiger partial charge < -0.3 is 9.84 Å². The Balaban J connectivity index is 1.27. The number of phenols is 1. The maximum Gasteiger partial charge on any atom is 0.260 e. The number of halogens is 2. The van der Waals surface area contributed by atoms with Gasteiger partial charge in [-0.3, -0.25) is 29.5 Å². The number of nitrogens with zero attached hydrogens (tertiary/aromatic N) is 2. The minimum Gasteiger partial charge on any atom is -0.507 e. The van der Waals surface area contributed by atoms with E-state index in [1.807, 2.05) is 42.5 Å². The molecule has 0 aromatic heterocycles. The molecule has 5 aliphatic rings. The maximum atomic E-state index is 15.6. The van der Waals surface area contributed by atoms with Crippen LogP contribution in [-0.2, 0) is 24.6 Å². The van der Waals surface area contributed by atoms with Crippen LogP contribution < -0.4 is 10.2 Å². The Kier molecular flexibility index (Phi) is 8.50. The molecule has 2 N–H and O–H groups in total. The largest absolute Gasteiger partial charge is 0.507 e. The van der Waals surface area contributed by atoms with Gasteiger partial charge >= 0.3 is 0 Å². The fraction of sp³-hybridized carbons (Fsp3) is 0.349. The first-order valence-corrected chi connectivity index (χ1v) is 19.4. The van der Waals surface area contributed by atoms with Gasteiger partial charge in [0.2, 0.25) is 11.8 Å². The molecule has 0 bridgehead atoms. The number of methoxy groups -OCH3 is 1. The molecule has 276 valence electrons. The summed E-state index contributed by atoms with van der Waals surface area (Å²) in [4.78, 5) is 61.1. The number of imide groups is 2. The smallest absolute Gasteiger partial charge is 0.260 e. The Labute approximate surface area is 322 Å².